The number of hydrogen-bond donors (Lipinski definition) is 1. The van der Waals surface area contributed by atoms with Gasteiger partial charge < -0.3 is 5.11 Å². The van der Waals surface area contributed by atoms with Crippen molar-refractivity contribution >= 4 is 0 Å². The fraction of sp³-hybridized carbons (Fsp3) is 0.412. The van der Waals surface area contributed by atoms with Gasteiger partial charge in [-0.05, 0) is 76.5 Å². The van der Waals surface area contributed by atoms with Crippen molar-refractivity contribution in [2.75, 3.05) is 0 Å². The Morgan fingerprint density at radius 3 is 1.74 bits per heavy atom. The molecular weight excluding hydrogens is 276 g/mol. The summed E-state index contributed by atoms with van der Waals surface area (Å²) in [7, 11) is 0. The van der Waals surface area contributed by atoms with Gasteiger partial charge in [0.15, 0.2) is 0 Å². The zero-order valence-corrected chi connectivity index (χ0v) is 12.3. The normalized spacial score (nSPS) is 26.4. The van der Waals surface area contributed by atoms with Gasteiger partial charge in [-0.1, -0.05) is 19.3 Å². The number of aliphatic hydroxyl groups is 1. The first-order valence-electron chi connectivity index (χ1n) is 6.94. The molecule has 2 heteroatoms. The molecule has 3 saturated carbocycles. The summed E-state index contributed by atoms with van der Waals surface area (Å²) in [6, 6.07) is 0. The molecule has 102 valence electrons. The Balaban J connectivity index is 0.000000256. The van der Waals surface area contributed by atoms with Crippen LogP contribution in [0.15, 0.2) is 0 Å². The van der Waals surface area contributed by atoms with Crippen LogP contribution in [0.25, 0.3) is 0 Å². The van der Waals surface area contributed by atoms with Gasteiger partial charge in [0.2, 0.25) is 0 Å². The van der Waals surface area contributed by atoms with E-state index in [-0.39, 0.29) is 23.2 Å². The largest absolute Gasteiger partial charge is 2.00 e. The minimum atomic E-state index is -0.213. The molecule has 3 aliphatic rings. The molecule has 0 unspecified atom stereocenters. The van der Waals surface area contributed by atoms with Crippen molar-refractivity contribution in [3.05, 3.63) is 63.7 Å². The molecule has 3 fully saturated rings. The molecular formula is C17H22FeO+2. The van der Waals surface area contributed by atoms with Gasteiger partial charge in [-0.25, -0.2) is 0 Å². The Bertz CT molecular complexity index is 196. The Labute approximate surface area is 130 Å². The maximum absolute atomic E-state index is 10.0. The summed E-state index contributed by atoms with van der Waals surface area (Å²) in [5.74, 6) is 1.61. The van der Waals surface area contributed by atoms with Crippen molar-refractivity contribution in [1.82, 2.24) is 0 Å². The van der Waals surface area contributed by atoms with E-state index in [4.69, 9.17) is 0 Å². The van der Waals surface area contributed by atoms with E-state index in [9.17, 15) is 5.11 Å². The first-order valence-corrected chi connectivity index (χ1v) is 6.94. The molecule has 0 heterocycles. The number of rotatable bonds is 2. The molecule has 0 spiro atoms. The standard InChI is InChI=1S/C12H17O.C5H5.Fe/c13-12(11-8-4-5-9-11)10-6-2-1-3-7-10;1-2-4-5-3-1;/h4-5,8-10,12-13H,1-3,6-7H2;1-5H;/q;;+2/t12-;;/m0../s1. The average molecular weight is 298 g/mol. The van der Waals surface area contributed by atoms with Crippen LogP contribution in [-0.2, 0) is 17.1 Å². The van der Waals surface area contributed by atoms with E-state index in [2.05, 4.69) is 0 Å². The molecule has 1 atom stereocenters. The summed E-state index contributed by atoms with van der Waals surface area (Å²) in [5, 5.41) is 10.0. The average Bonchev–Trinajstić information content (AvgIpc) is 3.14. The molecule has 19 heavy (non-hydrogen) atoms. The predicted molar refractivity (Wildman–Crippen MR) is 74.5 cm³/mol. The van der Waals surface area contributed by atoms with Gasteiger partial charge in [0.25, 0.3) is 0 Å². The molecule has 0 aromatic rings. The van der Waals surface area contributed by atoms with Crippen molar-refractivity contribution in [2.24, 2.45) is 5.92 Å². The zero-order chi connectivity index (χ0) is 12.6. The predicted octanol–water partition coefficient (Wildman–Crippen LogP) is 3.35. The fourth-order valence-corrected chi connectivity index (χ4v) is 2.63. The number of aliphatic hydroxyl groups excluding tert-OH is 1. The molecule has 1 N–H and O–H groups in total. The van der Waals surface area contributed by atoms with Crippen LogP contribution in [0.3, 0.4) is 0 Å². The maximum atomic E-state index is 10.0. The maximum Gasteiger partial charge on any atom is 2.00 e. The summed E-state index contributed by atoms with van der Waals surface area (Å²) in [6.07, 6.45) is 24.2. The van der Waals surface area contributed by atoms with E-state index in [0.29, 0.717) is 5.92 Å². The van der Waals surface area contributed by atoms with E-state index in [1.807, 2.05) is 57.8 Å². The second-order valence-electron chi connectivity index (χ2n) is 5.02. The van der Waals surface area contributed by atoms with Crippen molar-refractivity contribution in [3.63, 3.8) is 0 Å². The summed E-state index contributed by atoms with van der Waals surface area (Å²) < 4.78 is 0. The molecule has 0 aromatic carbocycles. The minimum absolute atomic E-state index is 0. The van der Waals surface area contributed by atoms with Gasteiger partial charge in [0, 0.05) is 5.92 Å². The molecule has 10 radical (unpaired) electrons. The topological polar surface area (TPSA) is 20.2 Å². The Hall–Kier alpha value is 0.479. The van der Waals surface area contributed by atoms with E-state index in [1.165, 1.54) is 32.1 Å². The monoisotopic (exact) mass is 298 g/mol. The van der Waals surface area contributed by atoms with Crippen molar-refractivity contribution < 1.29 is 22.2 Å². The molecule has 0 aromatic heterocycles. The second kappa shape index (κ2) is 10.2. The van der Waals surface area contributed by atoms with Gasteiger partial charge in [0.1, 0.15) is 0 Å². The Morgan fingerprint density at radius 1 is 0.789 bits per heavy atom. The van der Waals surface area contributed by atoms with Crippen molar-refractivity contribution in [1.29, 1.82) is 0 Å². The molecule has 3 aliphatic carbocycles. The first-order chi connectivity index (χ1) is 8.88. The fourth-order valence-electron chi connectivity index (χ4n) is 2.63. The van der Waals surface area contributed by atoms with Crippen molar-refractivity contribution in [2.45, 2.75) is 38.2 Å². The summed E-state index contributed by atoms with van der Waals surface area (Å²) in [5.41, 5.74) is 0. The van der Waals surface area contributed by atoms with E-state index < -0.39 is 0 Å². The Morgan fingerprint density at radius 2 is 1.26 bits per heavy atom. The van der Waals surface area contributed by atoms with E-state index in [0.717, 1.165) is 5.92 Å². The minimum Gasteiger partial charge on any atom is -0.392 e. The van der Waals surface area contributed by atoms with Gasteiger partial charge in [-0.3, -0.25) is 0 Å². The third-order valence-electron chi connectivity index (χ3n) is 3.68. The van der Waals surface area contributed by atoms with Gasteiger partial charge in [-0.15, -0.1) is 0 Å². The Kier molecular flexibility index (Phi) is 9.45. The summed E-state index contributed by atoms with van der Waals surface area (Å²) in [6.45, 7) is 0. The van der Waals surface area contributed by atoms with Gasteiger partial charge in [-0.2, -0.15) is 0 Å². The molecule has 3 rings (SSSR count). The SMILES string of the molecule is O[C@H]([C]1[CH][CH][CH][CH]1)C1CCCCC1.[CH]1[CH][CH][CH][CH]1.[Fe+2]. The second-order valence-corrected chi connectivity index (χ2v) is 5.02. The van der Waals surface area contributed by atoms with Crippen LogP contribution in [0.5, 0.6) is 0 Å². The van der Waals surface area contributed by atoms with Crippen LogP contribution in [0.2, 0.25) is 0 Å². The molecule has 1 nitrogen and oxygen atoms in total. The van der Waals surface area contributed by atoms with Crippen LogP contribution in [0.4, 0.5) is 0 Å². The number of hydrogen-bond acceptors (Lipinski definition) is 1. The van der Waals surface area contributed by atoms with Crippen LogP contribution in [-0.4, -0.2) is 11.2 Å². The van der Waals surface area contributed by atoms with Crippen LogP contribution in [0.1, 0.15) is 32.1 Å². The first kappa shape index (κ1) is 17.5. The molecule has 0 aliphatic heterocycles. The quantitative estimate of drug-likeness (QED) is 0.775. The third kappa shape index (κ3) is 6.19. The van der Waals surface area contributed by atoms with Gasteiger partial charge >= 0.3 is 17.1 Å². The zero-order valence-electron chi connectivity index (χ0n) is 11.2. The van der Waals surface area contributed by atoms with E-state index >= 15 is 0 Å². The smallest absolute Gasteiger partial charge is 0.392 e. The van der Waals surface area contributed by atoms with Crippen LogP contribution < -0.4 is 0 Å². The molecule has 0 bridgehead atoms. The van der Waals surface area contributed by atoms with E-state index in [1.54, 1.807) is 0 Å². The third-order valence-corrected chi connectivity index (χ3v) is 3.68. The molecule has 0 saturated heterocycles. The van der Waals surface area contributed by atoms with Crippen LogP contribution in [0, 0.1) is 69.6 Å². The van der Waals surface area contributed by atoms with Crippen LogP contribution >= 0.6 is 0 Å². The molecule has 0 amide bonds. The summed E-state index contributed by atoms with van der Waals surface area (Å²) >= 11 is 0. The van der Waals surface area contributed by atoms with Crippen molar-refractivity contribution in [3.8, 4) is 0 Å². The van der Waals surface area contributed by atoms with Gasteiger partial charge in [0.05, 0.1) is 6.10 Å². The summed E-state index contributed by atoms with van der Waals surface area (Å²) in [4.78, 5) is 0.